The van der Waals surface area contributed by atoms with Crippen molar-refractivity contribution in [3.8, 4) is 0 Å². The normalized spacial score (nSPS) is 10.7. The van der Waals surface area contributed by atoms with E-state index >= 15 is 0 Å². The van der Waals surface area contributed by atoms with Crippen LogP contribution < -0.4 is 22.7 Å². The fourth-order valence-electron chi connectivity index (χ4n) is 1.20. The van der Waals surface area contributed by atoms with Gasteiger partial charge < -0.3 is 5.73 Å². The van der Waals surface area contributed by atoms with Crippen LogP contribution in [0.4, 0.5) is 4.79 Å². The van der Waals surface area contributed by atoms with Gasteiger partial charge in [-0.25, -0.2) is 14.4 Å². The van der Waals surface area contributed by atoms with E-state index in [9.17, 15) is 19.2 Å². The summed E-state index contributed by atoms with van der Waals surface area (Å²) in [6, 6.07) is -1.22. The molecule has 0 atom stereocenters. The molecule has 78 valence electrons. The molecule has 9 heteroatoms. The standard InChI is InChI=1S/C6H5N5O4/c7-4(13)11-3(12)1-2(10-6(11)15)9-5(14)8-1/h(H2,7,13)(H,10,15)(H2,8,9,14). The number of rotatable bonds is 0. The first kappa shape index (κ1) is 8.99. The molecule has 9 nitrogen and oxygen atoms in total. The molecule has 2 aromatic heterocycles. The molecule has 0 spiro atoms. The molecule has 0 aliphatic carbocycles. The molecule has 0 aliphatic heterocycles. The van der Waals surface area contributed by atoms with Crippen LogP contribution in [0.2, 0.25) is 0 Å². The van der Waals surface area contributed by atoms with Gasteiger partial charge in [0.05, 0.1) is 0 Å². The van der Waals surface area contributed by atoms with Crippen LogP contribution in [-0.2, 0) is 0 Å². The molecule has 0 fully saturated rings. The Hall–Kier alpha value is -2.58. The lowest BCUT2D eigenvalue weighted by molar-refractivity contribution is 0.248. The lowest BCUT2D eigenvalue weighted by atomic mass is 10.5. The molecule has 0 saturated heterocycles. The second-order valence-electron chi connectivity index (χ2n) is 2.74. The van der Waals surface area contributed by atoms with Gasteiger partial charge in [-0.1, -0.05) is 0 Å². The summed E-state index contributed by atoms with van der Waals surface area (Å²) in [5, 5.41) is 0. The number of nitrogens with one attached hydrogen (secondary N) is 3. The van der Waals surface area contributed by atoms with Crippen LogP contribution in [0.5, 0.6) is 0 Å². The van der Waals surface area contributed by atoms with E-state index < -0.39 is 23.0 Å². The van der Waals surface area contributed by atoms with Gasteiger partial charge in [0.2, 0.25) is 0 Å². The summed E-state index contributed by atoms with van der Waals surface area (Å²) in [5.74, 6) is 0. The van der Waals surface area contributed by atoms with Crippen molar-refractivity contribution in [1.82, 2.24) is 19.5 Å². The van der Waals surface area contributed by atoms with Gasteiger partial charge in [-0.3, -0.25) is 19.7 Å². The molecular formula is C6H5N5O4. The third-order valence-electron chi connectivity index (χ3n) is 1.80. The third-order valence-corrected chi connectivity index (χ3v) is 1.80. The first-order valence-corrected chi connectivity index (χ1v) is 3.78. The zero-order chi connectivity index (χ0) is 11.2. The van der Waals surface area contributed by atoms with E-state index in [1.54, 1.807) is 0 Å². The topological polar surface area (TPSA) is 147 Å². The molecular weight excluding hydrogens is 206 g/mol. The average Bonchev–Trinajstić information content (AvgIpc) is 2.45. The Kier molecular flexibility index (Phi) is 1.62. The zero-order valence-electron chi connectivity index (χ0n) is 7.16. The Balaban J connectivity index is 3.09. The highest BCUT2D eigenvalue weighted by Gasteiger charge is 2.13. The van der Waals surface area contributed by atoms with Crippen LogP contribution >= 0.6 is 0 Å². The maximum Gasteiger partial charge on any atom is 0.338 e. The summed E-state index contributed by atoms with van der Waals surface area (Å²) in [6.45, 7) is 0. The van der Waals surface area contributed by atoms with Gasteiger partial charge in [-0.2, -0.15) is 4.57 Å². The second-order valence-corrected chi connectivity index (χ2v) is 2.74. The summed E-state index contributed by atoms with van der Waals surface area (Å²) >= 11 is 0. The number of aromatic nitrogens is 4. The van der Waals surface area contributed by atoms with Crippen LogP contribution in [0.3, 0.4) is 0 Å². The number of fused-ring (bicyclic) bond motifs is 1. The first-order valence-electron chi connectivity index (χ1n) is 3.78. The predicted molar refractivity (Wildman–Crippen MR) is 48.8 cm³/mol. The summed E-state index contributed by atoms with van der Waals surface area (Å²) in [7, 11) is 0. The minimum absolute atomic E-state index is 0.0764. The second kappa shape index (κ2) is 2.70. The molecule has 0 aromatic carbocycles. The SMILES string of the molecule is NC(=O)n1c(=O)[nH]c2[nH]c(=O)[nH]c2c1=O. The molecule has 2 rings (SSSR count). The number of amides is 1. The minimum atomic E-state index is -1.22. The van der Waals surface area contributed by atoms with Crippen molar-refractivity contribution in [3.63, 3.8) is 0 Å². The van der Waals surface area contributed by atoms with Gasteiger partial charge in [0.1, 0.15) is 5.65 Å². The Labute approximate surface area is 79.5 Å². The highest BCUT2D eigenvalue weighted by molar-refractivity contribution is 5.78. The number of aromatic amines is 3. The Bertz CT molecular complexity index is 713. The van der Waals surface area contributed by atoms with Gasteiger partial charge in [-0.15, -0.1) is 0 Å². The van der Waals surface area contributed by atoms with E-state index in [0.29, 0.717) is 0 Å². The summed E-state index contributed by atoms with van der Waals surface area (Å²) in [6.07, 6.45) is 0. The Morgan fingerprint density at radius 1 is 1.13 bits per heavy atom. The fourth-order valence-corrected chi connectivity index (χ4v) is 1.20. The largest absolute Gasteiger partial charge is 0.351 e. The van der Waals surface area contributed by atoms with Crippen molar-refractivity contribution in [1.29, 1.82) is 0 Å². The number of carbonyl (C=O) groups excluding carboxylic acids is 1. The number of H-pyrrole nitrogens is 3. The number of nitrogens with two attached hydrogens (primary N) is 1. The highest BCUT2D eigenvalue weighted by atomic mass is 16.2. The molecule has 0 unspecified atom stereocenters. The number of hydrogen-bond acceptors (Lipinski definition) is 4. The Morgan fingerprint density at radius 3 is 2.40 bits per heavy atom. The maximum absolute atomic E-state index is 11.5. The molecule has 5 N–H and O–H groups in total. The third kappa shape index (κ3) is 1.17. The van der Waals surface area contributed by atoms with Crippen LogP contribution in [-0.4, -0.2) is 25.6 Å². The van der Waals surface area contributed by atoms with Crippen molar-refractivity contribution in [2.24, 2.45) is 5.73 Å². The Morgan fingerprint density at radius 2 is 1.80 bits per heavy atom. The monoisotopic (exact) mass is 211 g/mol. The van der Waals surface area contributed by atoms with E-state index in [2.05, 4.69) is 15.0 Å². The summed E-state index contributed by atoms with van der Waals surface area (Å²) in [5.41, 5.74) is 1.89. The van der Waals surface area contributed by atoms with Crippen LogP contribution in [0.1, 0.15) is 0 Å². The maximum atomic E-state index is 11.5. The smallest absolute Gasteiger partial charge is 0.338 e. The predicted octanol–water partition coefficient (Wildman–Crippen LogP) is -2.37. The lowest BCUT2D eigenvalue weighted by Crippen LogP contribution is -2.42. The van der Waals surface area contributed by atoms with Gasteiger partial charge in [-0.05, 0) is 0 Å². The number of nitrogens with zero attached hydrogens (tertiary/aromatic N) is 1. The molecule has 0 radical (unpaired) electrons. The van der Waals surface area contributed by atoms with Gasteiger partial charge >= 0.3 is 17.4 Å². The molecule has 2 heterocycles. The van der Waals surface area contributed by atoms with Gasteiger partial charge in [0.15, 0.2) is 5.52 Å². The molecule has 2 aromatic rings. The molecule has 1 amide bonds. The van der Waals surface area contributed by atoms with Crippen molar-refractivity contribution in [3.05, 3.63) is 31.3 Å². The molecule has 0 aliphatic rings. The van der Waals surface area contributed by atoms with Crippen LogP contribution in [0.15, 0.2) is 14.4 Å². The molecule has 0 saturated carbocycles. The van der Waals surface area contributed by atoms with Crippen LogP contribution in [0, 0.1) is 0 Å². The van der Waals surface area contributed by atoms with E-state index in [4.69, 9.17) is 5.73 Å². The molecule has 15 heavy (non-hydrogen) atoms. The number of carbonyl (C=O) groups is 1. The summed E-state index contributed by atoms with van der Waals surface area (Å²) in [4.78, 5) is 50.6. The van der Waals surface area contributed by atoms with E-state index in [1.807, 2.05) is 0 Å². The zero-order valence-corrected chi connectivity index (χ0v) is 7.16. The van der Waals surface area contributed by atoms with E-state index in [1.165, 1.54) is 0 Å². The first-order chi connectivity index (χ1) is 7.00. The van der Waals surface area contributed by atoms with Gasteiger partial charge in [0.25, 0.3) is 5.56 Å². The highest BCUT2D eigenvalue weighted by Crippen LogP contribution is 1.91. The number of imidazole rings is 1. The quantitative estimate of drug-likeness (QED) is 0.385. The summed E-state index contributed by atoms with van der Waals surface area (Å²) < 4.78 is 0.187. The van der Waals surface area contributed by atoms with Gasteiger partial charge in [0, 0.05) is 0 Å². The van der Waals surface area contributed by atoms with E-state index in [-0.39, 0.29) is 15.7 Å². The van der Waals surface area contributed by atoms with Crippen LogP contribution in [0.25, 0.3) is 11.2 Å². The van der Waals surface area contributed by atoms with Crippen molar-refractivity contribution in [2.75, 3.05) is 0 Å². The fraction of sp³-hybridized carbons (Fsp3) is 0. The average molecular weight is 211 g/mol. The lowest BCUT2D eigenvalue weighted by Gasteiger charge is -1.96. The van der Waals surface area contributed by atoms with Crippen molar-refractivity contribution < 1.29 is 4.79 Å². The van der Waals surface area contributed by atoms with E-state index in [0.717, 1.165) is 0 Å². The molecule has 0 bridgehead atoms. The minimum Gasteiger partial charge on any atom is -0.351 e. The number of hydrogen-bond donors (Lipinski definition) is 4. The number of primary amides is 1. The van der Waals surface area contributed by atoms with Crippen molar-refractivity contribution in [2.45, 2.75) is 0 Å². The van der Waals surface area contributed by atoms with Crippen molar-refractivity contribution >= 4 is 17.2 Å².